The fraction of sp³-hybridized carbons (Fsp3) is 1.00. The Morgan fingerprint density at radius 2 is 2.00 bits per heavy atom. The third-order valence-electron chi connectivity index (χ3n) is 4.18. The predicted octanol–water partition coefficient (Wildman–Crippen LogP) is 0.510. The summed E-state index contributed by atoms with van der Waals surface area (Å²) in [6.45, 7) is 8.97. The lowest BCUT2D eigenvalue weighted by molar-refractivity contribution is 0.0119. The second-order valence-electron chi connectivity index (χ2n) is 6.44. The van der Waals surface area contributed by atoms with Gasteiger partial charge in [0.1, 0.15) is 0 Å². The van der Waals surface area contributed by atoms with Crippen LogP contribution in [0.15, 0.2) is 0 Å². The van der Waals surface area contributed by atoms with Gasteiger partial charge in [-0.1, -0.05) is 13.8 Å². The maximum absolute atomic E-state index is 11.5. The van der Waals surface area contributed by atoms with E-state index in [0.29, 0.717) is 23.5 Å². The second kappa shape index (κ2) is 7.20. The van der Waals surface area contributed by atoms with Crippen molar-refractivity contribution in [3.8, 4) is 0 Å². The Kier molecular flexibility index (Phi) is 5.84. The first kappa shape index (κ1) is 16.2. The van der Waals surface area contributed by atoms with Gasteiger partial charge in [-0.15, -0.1) is 0 Å². The minimum absolute atomic E-state index is 0.149. The van der Waals surface area contributed by atoms with Crippen molar-refractivity contribution in [2.45, 2.75) is 38.8 Å². The molecule has 0 aromatic carbocycles. The molecule has 2 rings (SSSR count). The molecule has 2 fully saturated rings. The van der Waals surface area contributed by atoms with E-state index in [-0.39, 0.29) is 6.04 Å². The van der Waals surface area contributed by atoms with E-state index in [2.05, 4.69) is 24.1 Å². The number of ether oxygens (including phenoxy) is 1. The zero-order chi connectivity index (χ0) is 14.6. The van der Waals surface area contributed by atoms with E-state index in [9.17, 15) is 8.42 Å². The largest absolute Gasteiger partial charge is 0.379 e. The second-order valence-corrected chi connectivity index (χ2v) is 8.67. The highest BCUT2D eigenvalue weighted by molar-refractivity contribution is 7.91. The molecule has 0 aromatic heterocycles. The molecular weight excluding hydrogens is 276 g/mol. The smallest absolute Gasteiger partial charge is 0.151 e. The van der Waals surface area contributed by atoms with Gasteiger partial charge in [-0.25, -0.2) is 8.42 Å². The Bertz CT molecular complexity index is 391. The molecule has 20 heavy (non-hydrogen) atoms. The topological polar surface area (TPSA) is 58.6 Å². The van der Waals surface area contributed by atoms with Crippen LogP contribution in [0.3, 0.4) is 0 Å². The van der Waals surface area contributed by atoms with Crippen molar-refractivity contribution in [2.75, 3.05) is 44.4 Å². The van der Waals surface area contributed by atoms with Crippen LogP contribution in [0.1, 0.15) is 26.7 Å². The molecule has 2 unspecified atom stereocenters. The quantitative estimate of drug-likeness (QED) is 0.775. The van der Waals surface area contributed by atoms with Crippen LogP contribution in [0.5, 0.6) is 0 Å². The molecule has 1 N–H and O–H groups in total. The van der Waals surface area contributed by atoms with E-state index >= 15 is 0 Å². The van der Waals surface area contributed by atoms with Gasteiger partial charge in [0.25, 0.3) is 0 Å². The molecule has 118 valence electrons. The number of hydrogen-bond donors (Lipinski definition) is 1. The molecule has 2 saturated heterocycles. The molecule has 2 atom stereocenters. The highest BCUT2D eigenvalue weighted by Crippen LogP contribution is 2.15. The van der Waals surface area contributed by atoms with Gasteiger partial charge in [0, 0.05) is 31.7 Å². The normalized spacial score (nSPS) is 28.9. The summed E-state index contributed by atoms with van der Waals surface area (Å²) in [7, 11) is -2.79. The van der Waals surface area contributed by atoms with Gasteiger partial charge in [0.05, 0.1) is 24.7 Å². The average molecular weight is 304 g/mol. The van der Waals surface area contributed by atoms with Crippen molar-refractivity contribution in [3.63, 3.8) is 0 Å². The number of rotatable bonds is 6. The summed E-state index contributed by atoms with van der Waals surface area (Å²) in [4.78, 5) is 2.49. The van der Waals surface area contributed by atoms with Gasteiger partial charge in [-0.05, 0) is 18.8 Å². The lowest BCUT2D eigenvalue weighted by Gasteiger charge is -2.36. The molecule has 0 aliphatic carbocycles. The third-order valence-corrected chi connectivity index (χ3v) is 5.95. The van der Waals surface area contributed by atoms with Crippen LogP contribution in [-0.2, 0) is 14.6 Å². The Morgan fingerprint density at radius 3 is 2.55 bits per heavy atom. The maximum atomic E-state index is 11.5. The minimum Gasteiger partial charge on any atom is -0.379 e. The zero-order valence-corrected chi connectivity index (χ0v) is 13.5. The lowest BCUT2D eigenvalue weighted by atomic mass is 10.0. The van der Waals surface area contributed by atoms with Crippen molar-refractivity contribution >= 4 is 9.84 Å². The third kappa shape index (κ3) is 4.98. The molecule has 5 nitrogen and oxygen atoms in total. The first-order chi connectivity index (χ1) is 9.46. The van der Waals surface area contributed by atoms with Gasteiger partial charge in [-0.3, -0.25) is 4.90 Å². The Balaban J connectivity index is 1.84. The standard InChI is InChI=1S/C14H28N2O3S/c1-12(2)9-14(16-4-6-19-7-5-16)10-15-13-3-8-20(17,18)11-13/h12-15H,3-11H2,1-2H3. The van der Waals surface area contributed by atoms with E-state index in [1.165, 1.54) is 0 Å². The summed E-state index contributed by atoms with van der Waals surface area (Å²) in [5.41, 5.74) is 0. The number of hydrogen-bond acceptors (Lipinski definition) is 5. The average Bonchev–Trinajstić information content (AvgIpc) is 2.75. The van der Waals surface area contributed by atoms with Crippen molar-refractivity contribution < 1.29 is 13.2 Å². The SMILES string of the molecule is CC(C)CC(CNC1CCS(=O)(=O)C1)N1CCOCC1. The van der Waals surface area contributed by atoms with E-state index in [1.807, 2.05) is 0 Å². The summed E-state index contributed by atoms with van der Waals surface area (Å²) in [5.74, 6) is 1.30. The van der Waals surface area contributed by atoms with Gasteiger partial charge in [0.15, 0.2) is 9.84 Å². The number of morpholine rings is 1. The summed E-state index contributed by atoms with van der Waals surface area (Å²) in [5, 5.41) is 3.48. The number of sulfone groups is 1. The van der Waals surface area contributed by atoms with Gasteiger partial charge in [0.2, 0.25) is 0 Å². The summed E-state index contributed by atoms with van der Waals surface area (Å²) in [6.07, 6.45) is 1.91. The van der Waals surface area contributed by atoms with Gasteiger partial charge in [-0.2, -0.15) is 0 Å². The van der Waals surface area contributed by atoms with Crippen LogP contribution in [0.4, 0.5) is 0 Å². The molecule has 0 aromatic rings. The Labute approximate surface area is 123 Å². The fourth-order valence-corrected chi connectivity index (χ4v) is 4.81. The van der Waals surface area contributed by atoms with Crippen LogP contribution in [0.2, 0.25) is 0 Å². The van der Waals surface area contributed by atoms with Crippen molar-refractivity contribution in [2.24, 2.45) is 5.92 Å². The minimum atomic E-state index is -2.79. The van der Waals surface area contributed by atoms with Crippen molar-refractivity contribution in [1.29, 1.82) is 0 Å². The predicted molar refractivity (Wildman–Crippen MR) is 80.7 cm³/mol. The maximum Gasteiger partial charge on any atom is 0.151 e. The molecule has 0 saturated carbocycles. The van der Waals surface area contributed by atoms with E-state index in [0.717, 1.165) is 45.7 Å². The highest BCUT2D eigenvalue weighted by Gasteiger charge is 2.29. The molecule has 0 bridgehead atoms. The molecule has 0 radical (unpaired) electrons. The Morgan fingerprint density at radius 1 is 1.30 bits per heavy atom. The Hall–Kier alpha value is -0.170. The molecule has 6 heteroatoms. The highest BCUT2D eigenvalue weighted by atomic mass is 32.2. The van der Waals surface area contributed by atoms with Crippen molar-refractivity contribution in [1.82, 2.24) is 10.2 Å². The van der Waals surface area contributed by atoms with E-state index < -0.39 is 9.84 Å². The summed E-state index contributed by atoms with van der Waals surface area (Å²) in [6, 6.07) is 0.637. The summed E-state index contributed by atoms with van der Waals surface area (Å²) < 4.78 is 28.4. The number of nitrogens with zero attached hydrogens (tertiary/aromatic N) is 1. The zero-order valence-electron chi connectivity index (χ0n) is 12.7. The van der Waals surface area contributed by atoms with E-state index in [4.69, 9.17) is 4.74 Å². The first-order valence-electron chi connectivity index (χ1n) is 7.72. The first-order valence-corrected chi connectivity index (χ1v) is 9.54. The molecule has 0 spiro atoms. The van der Waals surface area contributed by atoms with Crippen LogP contribution in [-0.4, -0.2) is 69.8 Å². The molecule has 0 amide bonds. The molecule has 2 heterocycles. The fourth-order valence-electron chi connectivity index (χ4n) is 3.11. The van der Waals surface area contributed by atoms with Crippen LogP contribution >= 0.6 is 0 Å². The monoisotopic (exact) mass is 304 g/mol. The van der Waals surface area contributed by atoms with Gasteiger partial charge < -0.3 is 10.1 Å². The van der Waals surface area contributed by atoms with Crippen LogP contribution in [0, 0.1) is 5.92 Å². The summed E-state index contributed by atoms with van der Waals surface area (Å²) >= 11 is 0. The van der Waals surface area contributed by atoms with Crippen molar-refractivity contribution in [3.05, 3.63) is 0 Å². The lowest BCUT2D eigenvalue weighted by Crippen LogP contribution is -2.50. The number of nitrogens with one attached hydrogen (secondary N) is 1. The molecule has 2 aliphatic rings. The van der Waals surface area contributed by atoms with Gasteiger partial charge >= 0.3 is 0 Å². The molecular formula is C14H28N2O3S. The van der Waals surface area contributed by atoms with Crippen LogP contribution in [0.25, 0.3) is 0 Å². The molecule has 2 aliphatic heterocycles. The van der Waals surface area contributed by atoms with Crippen LogP contribution < -0.4 is 5.32 Å². The van der Waals surface area contributed by atoms with E-state index in [1.54, 1.807) is 0 Å².